The Morgan fingerprint density at radius 2 is 1.81 bits per heavy atom. The number of hydrogen-bond donors (Lipinski definition) is 1. The van der Waals surface area contributed by atoms with Crippen molar-refractivity contribution in [2.45, 2.75) is 32.1 Å². The van der Waals surface area contributed by atoms with Crippen LogP contribution >= 0.6 is 15.9 Å². The van der Waals surface area contributed by atoms with Gasteiger partial charge in [-0.1, -0.05) is 53.7 Å². The molecule has 1 aromatic carbocycles. The van der Waals surface area contributed by atoms with E-state index in [0.717, 1.165) is 16.8 Å². The maximum Gasteiger partial charge on any atom is 0.0465 e. The zero-order valence-electron chi connectivity index (χ0n) is 9.53. The van der Waals surface area contributed by atoms with Gasteiger partial charge in [0.05, 0.1) is 0 Å². The second-order valence-electron chi connectivity index (χ2n) is 4.82. The van der Waals surface area contributed by atoms with Crippen LogP contribution in [-0.2, 0) is 6.42 Å². The van der Waals surface area contributed by atoms with Gasteiger partial charge in [-0.05, 0) is 36.0 Å². The largest absolute Gasteiger partial charge is 0.396 e. The van der Waals surface area contributed by atoms with E-state index >= 15 is 0 Å². The van der Waals surface area contributed by atoms with E-state index in [1.54, 1.807) is 0 Å². The lowest BCUT2D eigenvalue weighted by Crippen LogP contribution is -2.18. The summed E-state index contributed by atoms with van der Waals surface area (Å²) in [6.45, 7) is 0.334. The summed E-state index contributed by atoms with van der Waals surface area (Å²) in [5, 5.41) is 9.49. The second-order valence-corrected chi connectivity index (χ2v) is 5.73. The molecule has 0 heterocycles. The molecule has 0 radical (unpaired) electrons. The zero-order valence-corrected chi connectivity index (χ0v) is 11.1. The van der Waals surface area contributed by atoms with Gasteiger partial charge in [0, 0.05) is 11.1 Å². The Labute approximate surface area is 106 Å². The minimum atomic E-state index is 0.334. The first kappa shape index (κ1) is 12.1. The van der Waals surface area contributed by atoms with E-state index < -0.39 is 0 Å². The van der Waals surface area contributed by atoms with Crippen LogP contribution in [0.2, 0.25) is 0 Å². The van der Waals surface area contributed by atoms with E-state index in [-0.39, 0.29) is 0 Å². The van der Waals surface area contributed by atoms with Crippen molar-refractivity contribution in [2.24, 2.45) is 11.8 Å². The summed E-state index contributed by atoms with van der Waals surface area (Å²) in [7, 11) is 0. The molecule has 0 saturated heterocycles. The van der Waals surface area contributed by atoms with Crippen LogP contribution < -0.4 is 0 Å². The number of aliphatic hydroxyl groups excluding tert-OH is 1. The molecule has 1 saturated carbocycles. The van der Waals surface area contributed by atoms with Gasteiger partial charge in [0.25, 0.3) is 0 Å². The van der Waals surface area contributed by atoms with Crippen LogP contribution in [0.1, 0.15) is 31.2 Å². The Balaban J connectivity index is 1.97. The molecule has 1 fully saturated rings. The Kier molecular flexibility index (Phi) is 4.42. The molecule has 88 valence electrons. The van der Waals surface area contributed by atoms with Crippen LogP contribution in [0.25, 0.3) is 0 Å². The third kappa shape index (κ3) is 3.08. The summed E-state index contributed by atoms with van der Waals surface area (Å²) in [4.78, 5) is 0. The van der Waals surface area contributed by atoms with Crippen molar-refractivity contribution < 1.29 is 5.11 Å². The molecule has 1 aromatic rings. The predicted molar refractivity (Wildman–Crippen MR) is 70.4 cm³/mol. The van der Waals surface area contributed by atoms with Crippen LogP contribution in [0.15, 0.2) is 28.7 Å². The minimum absolute atomic E-state index is 0.334. The Morgan fingerprint density at radius 3 is 2.38 bits per heavy atom. The van der Waals surface area contributed by atoms with Crippen LogP contribution in [-0.4, -0.2) is 11.7 Å². The SMILES string of the molecule is OCC(Cc1ccc(Br)cc1)C1CCCC1. The summed E-state index contributed by atoms with van der Waals surface area (Å²) >= 11 is 3.45. The van der Waals surface area contributed by atoms with Crippen molar-refractivity contribution in [2.75, 3.05) is 6.61 Å². The number of rotatable bonds is 4. The van der Waals surface area contributed by atoms with Gasteiger partial charge >= 0.3 is 0 Å². The molecule has 0 bridgehead atoms. The monoisotopic (exact) mass is 282 g/mol. The smallest absolute Gasteiger partial charge is 0.0465 e. The van der Waals surface area contributed by atoms with Crippen LogP contribution in [0.4, 0.5) is 0 Å². The maximum atomic E-state index is 9.49. The van der Waals surface area contributed by atoms with Gasteiger partial charge in [-0.2, -0.15) is 0 Å². The molecule has 1 aliphatic rings. The lowest BCUT2D eigenvalue weighted by atomic mass is 9.86. The summed E-state index contributed by atoms with van der Waals surface area (Å²) in [6, 6.07) is 8.47. The van der Waals surface area contributed by atoms with E-state index in [9.17, 15) is 5.11 Å². The maximum absolute atomic E-state index is 9.49. The van der Waals surface area contributed by atoms with Crippen LogP contribution in [0, 0.1) is 11.8 Å². The van der Waals surface area contributed by atoms with Crippen LogP contribution in [0.5, 0.6) is 0 Å². The van der Waals surface area contributed by atoms with E-state index in [1.165, 1.54) is 31.2 Å². The molecule has 1 unspecified atom stereocenters. The highest BCUT2D eigenvalue weighted by Gasteiger charge is 2.24. The third-order valence-electron chi connectivity index (χ3n) is 3.71. The molecule has 0 amide bonds. The number of benzene rings is 1. The lowest BCUT2D eigenvalue weighted by Gasteiger charge is -2.21. The van der Waals surface area contributed by atoms with Crippen molar-refractivity contribution in [3.05, 3.63) is 34.3 Å². The quantitative estimate of drug-likeness (QED) is 0.891. The van der Waals surface area contributed by atoms with E-state index in [1.807, 2.05) is 0 Å². The molecule has 0 aliphatic heterocycles. The molecule has 16 heavy (non-hydrogen) atoms. The average Bonchev–Trinajstić information content (AvgIpc) is 2.82. The molecule has 1 N–H and O–H groups in total. The first-order valence-electron chi connectivity index (χ1n) is 6.15. The molecule has 1 atom stereocenters. The number of halogens is 1. The van der Waals surface area contributed by atoms with Gasteiger partial charge in [-0.3, -0.25) is 0 Å². The fourth-order valence-corrected chi connectivity index (χ4v) is 3.00. The molecule has 2 heteroatoms. The third-order valence-corrected chi connectivity index (χ3v) is 4.24. The van der Waals surface area contributed by atoms with Crippen molar-refractivity contribution in [1.29, 1.82) is 0 Å². The summed E-state index contributed by atoms with van der Waals surface area (Å²) in [5.41, 5.74) is 1.34. The van der Waals surface area contributed by atoms with Gasteiger partial charge in [-0.15, -0.1) is 0 Å². The number of aliphatic hydroxyl groups is 1. The average molecular weight is 283 g/mol. The van der Waals surface area contributed by atoms with Crippen molar-refractivity contribution in [3.8, 4) is 0 Å². The molecule has 0 spiro atoms. The topological polar surface area (TPSA) is 20.2 Å². The first-order valence-corrected chi connectivity index (χ1v) is 6.94. The molecule has 1 nitrogen and oxygen atoms in total. The van der Waals surface area contributed by atoms with Gasteiger partial charge in [0.2, 0.25) is 0 Å². The highest BCUT2D eigenvalue weighted by molar-refractivity contribution is 9.10. The lowest BCUT2D eigenvalue weighted by molar-refractivity contribution is 0.175. The highest BCUT2D eigenvalue weighted by Crippen LogP contribution is 2.33. The molecule has 1 aliphatic carbocycles. The van der Waals surface area contributed by atoms with Gasteiger partial charge in [0.15, 0.2) is 0 Å². The van der Waals surface area contributed by atoms with E-state index in [2.05, 4.69) is 40.2 Å². The highest BCUT2D eigenvalue weighted by atomic mass is 79.9. The van der Waals surface area contributed by atoms with Crippen LogP contribution in [0.3, 0.4) is 0 Å². The first-order chi connectivity index (χ1) is 7.79. The second kappa shape index (κ2) is 5.83. The zero-order chi connectivity index (χ0) is 11.4. The van der Waals surface area contributed by atoms with Gasteiger partial charge in [0.1, 0.15) is 0 Å². The Morgan fingerprint density at radius 1 is 1.19 bits per heavy atom. The standard InChI is InChI=1S/C14H19BrO/c15-14-7-5-11(6-8-14)9-13(10-16)12-3-1-2-4-12/h5-8,12-13,16H,1-4,9-10H2. The molecule has 0 aromatic heterocycles. The fourth-order valence-electron chi connectivity index (χ4n) is 2.73. The molecular weight excluding hydrogens is 264 g/mol. The molecular formula is C14H19BrO. The minimum Gasteiger partial charge on any atom is -0.396 e. The Bertz CT molecular complexity index is 314. The van der Waals surface area contributed by atoms with Crippen molar-refractivity contribution in [1.82, 2.24) is 0 Å². The number of hydrogen-bond acceptors (Lipinski definition) is 1. The van der Waals surface area contributed by atoms with E-state index in [0.29, 0.717) is 12.5 Å². The van der Waals surface area contributed by atoms with Crippen molar-refractivity contribution in [3.63, 3.8) is 0 Å². The summed E-state index contributed by atoms with van der Waals surface area (Å²) in [6.07, 6.45) is 6.33. The van der Waals surface area contributed by atoms with Gasteiger partial charge in [-0.25, -0.2) is 0 Å². The summed E-state index contributed by atoms with van der Waals surface area (Å²) < 4.78 is 1.12. The predicted octanol–water partition coefficient (Wildman–Crippen LogP) is 3.79. The van der Waals surface area contributed by atoms with Crippen molar-refractivity contribution >= 4 is 15.9 Å². The summed E-state index contributed by atoms with van der Waals surface area (Å²) in [5.74, 6) is 1.21. The molecule has 2 rings (SSSR count). The fraction of sp³-hybridized carbons (Fsp3) is 0.571. The normalized spacial score (nSPS) is 18.9. The Hall–Kier alpha value is -0.340. The van der Waals surface area contributed by atoms with E-state index in [4.69, 9.17) is 0 Å². The van der Waals surface area contributed by atoms with Gasteiger partial charge < -0.3 is 5.11 Å².